The summed E-state index contributed by atoms with van der Waals surface area (Å²) in [6.07, 6.45) is -4.48. The van der Waals surface area contributed by atoms with E-state index in [9.17, 15) is 22.8 Å². The molecule has 3 aromatic carbocycles. The number of nitrogens with one attached hydrogen (secondary N) is 1. The topological polar surface area (TPSA) is 71.1 Å². The van der Waals surface area contributed by atoms with Crippen molar-refractivity contribution >= 4 is 52.1 Å². The van der Waals surface area contributed by atoms with Gasteiger partial charge in [-0.1, -0.05) is 23.7 Å². The van der Waals surface area contributed by atoms with Crippen LogP contribution in [0.1, 0.15) is 17.5 Å². The molecule has 0 aromatic heterocycles. The van der Waals surface area contributed by atoms with Crippen LogP contribution >= 0.6 is 23.8 Å². The maximum atomic E-state index is 13.6. The Bertz CT molecular complexity index is 1420. The minimum atomic E-state index is -4.61. The molecular formula is C28H25ClF3N3O4S. The summed E-state index contributed by atoms with van der Waals surface area (Å²) in [5, 5.41) is 3.22. The van der Waals surface area contributed by atoms with E-state index in [-0.39, 0.29) is 23.8 Å². The molecule has 1 fully saturated rings. The van der Waals surface area contributed by atoms with Crippen molar-refractivity contribution in [2.24, 2.45) is 0 Å². The molecule has 210 valence electrons. The molecule has 40 heavy (non-hydrogen) atoms. The van der Waals surface area contributed by atoms with Gasteiger partial charge in [-0.05, 0) is 78.8 Å². The first-order valence-corrected chi connectivity index (χ1v) is 12.9. The van der Waals surface area contributed by atoms with Gasteiger partial charge in [-0.15, -0.1) is 0 Å². The molecule has 0 bridgehead atoms. The van der Waals surface area contributed by atoms with Crippen molar-refractivity contribution < 1.29 is 32.2 Å². The molecule has 4 rings (SSSR count). The highest BCUT2D eigenvalue weighted by atomic mass is 35.5. The smallest absolute Gasteiger partial charge is 0.416 e. The van der Waals surface area contributed by atoms with E-state index in [0.29, 0.717) is 28.6 Å². The molecule has 0 spiro atoms. The van der Waals surface area contributed by atoms with Gasteiger partial charge in [0.25, 0.3) is 5.91 Å². The Hall–Kier alpha value is -3.83. The van der Waals surface area contributed by atoms with Crippen LogP contribution in [0.25, 0.3) is 0 Å². The largest absolute Gasteiger partial charge is 0.493 e. The lowest BCUT2D eigenvalue weighted by atomic mass is 10.1. The normalized spacial score (nSPS) is 15.4. The zero-order valence-electron chi connectivity index (χ0n) is 21.5. The van der Waals surface area contributed by atoms with E-state index in [1.54, 1.807) is 41.3 Å². The third-order valence-corrected chi connectivity index (χ3v) is 7.02. The molecule has 12 heteroatoms. The quantitative estimate of drug-likeness (QED) is 0.310. The van der Waals surface area contributed by atoms with Gasteiger partial charge >= 0.3 is 6.18 Å². The summed E-state index contributed by atoms with van der Waals surface area (Å²) in [5.74, 6) is 0.00326. The first-order valence-electron chi connectivity index (χ1n) is 12.1. The van der Waals surface area contributed by atoms with Crippen LogP contribution in [0.2, 0.25) is 5.02 Å². The minimum absolute atomic E-state index is 0.00842. The van der Waals surface area contributed by atoms with Crippen molar-refractivity contribution in [3.8, 4) is 11.5 Å². The number of anilines is 2. The Morgan fingerprint density at radius 2 is 1.73 bits per heavy atom. The average Bonchev–Trinajstić information content (AvgIpc) is 3.16. The highest BCUT2D eigenvalue weighted by molar-refractivity contribution is 7.80. The predicted octanol–water partition coefficient (Wildman–Crippen LogP) is 5.95. The number of methoxy groups -OCH3 is 2. The Morgan fingerprint density at radius 3 is 2.38 bits per heavy atom. The second-order valence-electron chi connectivity index (χ2n) is 8.91. The van der Waals surface area contributed by atoms with E-state index in [1.807, 2.05) is 6.07 Å². The minimum Gasteiger partial charge on any atom is -0.493 e. The molecule has 3 aromatic rings. The van der Waals surface area contributed by atoms with Gasteiger partial charge < -0.3 is 19.7 Å². The van der Waals surface area contributed by atoms with E-state index in [2.05, 4.69) is 5.32 Å². The van der Waals surface area contributed by atoms with Gasteiger partial charge in [0.15, 0.2) is 16.6 Å². The summed E-state index contributed by atoms with van der Waals surface area (Å²) in [6.45, 7) is 0.217. The lowest BCUT2D eigenvalue weighted by molar-refractivity contribution is -0.137. The highest BCUT2D eigenvalue weighted by Crippen LogP contribution is 2.34. The zero-order chi connectivity index (χ0) is 29.0. The lowest BCUT2D eigenvalue weighted by Crippen LogP contribution is -2.39. The summed E-state index contributed by atoms with van der Waals surface area (Å²) < 4.78 is 50.8. The lowest BCUT2D eigenvalue weighted by Gasteiger charge is -2.24. The Kier molecular flexibility index (Phi) is 8.85. The van der Waals surface area contributed by atoms with Crippen LogP contribution in [-0.2, 0) is 22.2 Å². The first-order chi connectivity index (χ1) is 19.0. The van der Waals surface area contributed by atoms with Gasteiger partial charge in [-0.3, -0.25) is 14.5 Å². The SMILES string of the molecule is COc1ccc(CCN2C(=S)N(c3cccc(C(F)(F)F)c3)C(=O)C2CC(=O)Nc2ccc(Cl)cc2)cc1OC. The molecule has 7 nitrogen and oxygen atoms in total. The maximum absolute atomic E-state index is 13.6. The Balaban J connectivity index is 1.61. The molecule has 1 aliphatic heterocycles. The number of amides is 2. The summed E-state index contributed by atoms with van der Waals surface area (Å²) in [7, 11) is 3.03. The van der Waals surface area contributed by atoms with Crippen LogP contribution in [0.5, 0.6) is 11.5 Å². The number of rotatable bonds is 9. The summed E-state index contributed by atoms with van der Waals surface area (Å²) >= 11 is 11.5. The number of alkyl halides is 3. The number of hydrogen-bond acceptors (Lipinski definition) is 5. The molecule has 1 unspecified atom stereocenters. The van der Waals surface area contributed by atoms with E-state index < -0.39 is 29.6 Å². The second kappa shape index (κ2) is 12.1. The fourth-order valence-corrected chi connectivity index (χ4v) is 4.89. The molecule has 1 heterocycles. The predicted molar refractivity (Wildman–Crippen MR) is 150 cm³/mol. The standard InChI is InChI=1S/C28H25ClF3N3O4S/c1-38-23-11-6-17(14-24(23)39-2)12-13-34-22(16-25(36)33-20-9-7-19(29)8-10-20)26(37)35(27(34)40)21-5-3-4-18(15-21)28(30,31)32/h3-11,14-15,22H,12-13,16H2,1-2H3,(H,33,36). The molecule has 0 radical (unpaired) electrons. The van der Waals surface area contributed by atoms with Gasteiger partial charge in [0, 0.05) is 17.3 Å². The Labute approximate surface area is 239 Å². The van der Waals surface area contributed by atoms with Crippen LogP contribution in [0.15, 0.2) is 66.7 Å². The first kappa shape index (κ1) is 29.2. The van der Waals surface area contributed by atoms with Gasteiger partial charge in [0.05, 0.1) is 31.9 Å². The summed E-state index contributed by atoms with van der Waals surface area (Å²) in [5.41, 5.74) is 0.381. The van der Waals surface area contributed by atoms with Crippen molar-refractivity contribution in [2.75, 3.05) is 31.0 Å². The van der Waals surface area contributed by atoms with E-state index in [1.165, 1.54) is 26.4 Å². The van der Waals surface area contributed by atoms with Crippen molar-refractivity contribution in [3.63, 3.8) is 0 Å². The van der Waals surface area contributed by atoms with E-state index >= 15 is 0 Å². The average molecular weight is 592 g/mol. The fourth-order valence-electron chi connectivity index (χ4n) is 4.35. The van der Waals surface area contributed by atoms with E-state index in [0.717, 1.165) is 22.6 Å². The zero-order valence-corrected chi connectivity index (χ0v) is 23.1. The van der Waals surface area contributed by atoms with Crippen LogP contribution in [0, 0.1) is 0 Å². The van der Waals surface area contributed by atoms with Crippen LogP contribution in [0.3, 0.4) is 0 Å². The van der Waals surface area contributed by atoms with Crippen molar-refractivity contribution in [2.45, 2.75) is 25.1 Å². The highest BCUT2D eigenvalue weighted by Gasteiger charge is 2.44. The Morgan fingerprint density at radius 1 is 1.02 bits per heavy atom. The van der Waals surface area contributed by atoms with Crippen LogP contribution in [-0.4, -0.2) is 48.6 Å². The molecule has 1 N–H and O–H groups in total. The van der Waals surface area contributed by atoms with Gasteiger partial charge in [-0.2, -0.15) is 13.2 Å². The van der Waals surface area contributed by atoms with Gasteiger partial charge in [0.2, 0.25) is 5.91 Å². The monoisotopic (exact) mass is 591 g/mol. The third-order valence-electron chi connectivity index (χ3n) is 6.35. The molecular weight excluding hydrogens is 567 g/mol. The third kappa shape index (κ3) is 6.48. The molecule has 0 saturated carbocycles. The molecule has 1 aliphatic rings. The van der Waals surface area contributed by atoms with Gasteiger partial charge in [-0.25, -0.2) is 0 Å². The summed E-state index contributed by atoms with van der Waals surface area (Å²) in [4.78, 5) is 29.2. The number of ether oxygens (including phenoxy) is 2. The number of nitrogens with zero attached hydrogens (tertiary/aromatic N) is 2. The molecule has 2 amide bonds. The van der Waals surface area contributed by atoms with Crippen LogP contribution in [0.4, 0.5) is 24.5 Å². The number of carbonyl (C=O) groups excluding carboxylic acids is 2. The maximum Gasteiger partial charge on any atom is 0.416 e. The number of benzene rings is 3. The van der Waals surface area contributed by atoms with Crippen molar-refractivity contribution in [3.05, 3.63) is 82.9 Å². The number of hydrogen-bond donors (Lipinski definition) is 1. The van der Waals surface area contributed by atoms with Crippen LogP contribution < -0.4 is 19.7 Å². The van der Waals surface area contributed by atoms with Crippen molar-refractivity contribution in [1.82, 2.24) is 4.90 Å². The summed E-state index contributed by atoms with van der Waals surface area (Å²) in [6, 6.07) is 15.1. The molecule has 1 atom stereocenters. The number of thiocarbonyl (C=S) groups is 1. The number of halogens is 4. The molecule has 0 aliphatic carbocycles. The number of carbonyl (C=O) groups is 2. The second-order valence-corrected chi connectivity index (χ2v) is 9.71. The fraction of sp³-hybridized carbons (Fsp3) is 0.250. The van der Waals surface area contributed by atoms with Crippen molar-refractivity contribution in [1.29, 1.82) is 0 Å². The van der Waals surface area contributed by atoms with E-state index in [4.69, 9.17) is 33.3 Å². The molecule has 1 saturated heterocycles. The van der Waals surface area contributed by atoms with Gasteiger partial charge in [0.1, 0.15) is 6.04 Å².